The second-order valence-corrected chi connectivity index (χ2v) is 3.43. The summed E-state index contributed by atoms with van der Waals surface area (Å²) in [6.07, 6.45) is 0.595. The van der Waals surface area contributed by atoms with Gasteiger partial charge in [-0.3, -0.25) is 4.79 Å². The van der Waals surface area contributed by atoms with Gasteiger partial charge in [0.1, 0.15) is 5.75 Å². The van der Waals surface area contributed by atoms with Gasteiger partial charge in [-0.1, -0.05) is 0 Å². The van der Waals surface area contributed by atoms with E-state index in [-0.39, 0.29) is 0 Å². The lowest BCUT2D eigenvalue weighted by Crippen LogP contribution is -2.13. The Labute approximate surface area is 93.1 Å². The first-order valence-electron chi connectivity index (χ1n) is 4.42. The molecule has 15 heavy (non-hydrogen) atoms. The Morgan fingerprint density at radius 1 is 1.53 bits per heavy atom. The third-order valence-electron chi connectivity index (χ3n) is 2.09. The van der Waals surface area contributed by atoms with Crippen LogP contribution >= 0.6 is 11.6 Å². The average molecular weight is 229 g/mol. The summed E-state index contributed by atoms with van der Waals surface area (Å²) >= 11 is 5.61. The zero-order chi connectivity index (χ0) is 11.4. The summed E-state index contributed by atoms with van der Waals surface area (Å²) in [5, 5.41) is 0. The van der Waals surface area contributed by atoms with Crippen molar-refractivity contribution in [2.75, 3.05) is 18.7 Å². The Morgan fingerprint density at radius 2 is 2.20 bits per heavy atom. The fraction of sp³-hybridized carbons (Fsp3) is 0.300. The highest BCUT2D eigenvalue weighted by Gasteiger charge is 2.12. The normalized spacial score (nSPS) is 10.0. The van der Waals surface area contributed by atoms with E-state index in [2.05, 4.69) is 0 Å². The van der Waals surface area contributed by atoms with E-state index in [1.165, 1.54) is 7.11 Å². The molecule has 1 amide bonds. The number of anilines is 1. The van der Waals surface area contributed by atoms with Gasteiger partial charge in [0.25, 0.3) is 5.91 Å². The number of methoxy groups -OCH3 is 1. The van der Waals surface area contributed by atoms with Crippen LogP contribution in [-0.2, 0) is 6.42 Å². The molecule has 82 valence electrons. The predicted octanol–water partition coefficient (Wildman–Crippen LogP) is 1.16. The number of hydrogen-bond donors (Lipinski definition) is 2. The zero-order valence-electron chi connectivity index (χ0n) is 8.42. The number of alkyl halides is 1. The third-order valence-corrected chi connectivity index (χ3v) is 2.28. The van der Waals surface area contributed by atoms with E-state index in [1.807, 2.05) is 0 Å². The van der Waals surface area contributed by atoms with Gasteiger partial charge in [-0.05, 0) is 18.1 Å². The minimum absolute atomic E-state index is 0.326. The molecule has 4 N–H and O–H groups in total. The Hall–Kier alpha value is -1.42. The van der Waals surface area contributed by atoms with Gasteiger partial charge in [-0.25, -0.2) is 0 Å². The highest BCUT2D eigenvalue weighted by Crippen LogP contribution is 2.25. The van der Waals surface area contributed by atoms with E-state index < -0.39 is 5.91 Å². The highest BCUT2D eigenvalue weighted by atomic mass is 35.5. The van der Waals surface area contributed by atoms with Gasteiger partial charge in [-0.2, -0.15) is 0 Å². The Balaban J connectivity index is 3.23. The van der Waals surface area contributed by atoms with Crippen molar-refractivity contribution in [1.82, 2.24) is 0 Å². The van der Waals surface area contributed by atoms with Crippen LogP contribution in [0.5, 0.6) is 5.75 Å². The lowest BCUT2D eigenvalue weighted by atomic mass is 10.0. The van der Waals surface area contributed by atoms with Crippen LogP contribution in [0.25, 0.3) is 0 Å². The number of aryl methyl sites for hydroxylation is 1. The summed E-state index contributed by atoms with van der Waals surface area (Å²) in [6, 6.07) is 3.21. The summed E-state index contributed by atoms with van der Waals surface area (Å²) in [5.41, 5.74) is 12.7. The second kappa shape index (κ2) is 4.89. The number of primary amides is 1. The van der Waals surface area contributed by atoms with Crippen molar-refractivity contribution in [3.05, 3.63) is 23.3 Å². The van der Waals surface area contributed by atoms with Crippen LogP contribution in [0.4, 0.5) is 5.69 Å². The Morgan fingerprint density at radius 3 is 2.67 bits per heavy atom. The molecule has 0 bridgehead atoms. The topological polar surface area (TPSA) is 78.3 Å². The van der Waals surface area contributed by atoms with Crippen molar-refractivity contribution < 1.29 is 9.53 Å². The number of halogens is 1. The largest absolute Gasteiger partial charge is 0.496 e. The Kier molecular flexibility index (Phi) is 3.80. The first kappa shape index (κ1) is 11.7. The van der Waals surface area contributed by atoms with Gasteiger partial charge in [0, 0.05) is 17.6 Å². The number of carbonyl (C=O) groups excluding carboxylic acids is 1. The van der Waals surface area contributed by atoms with Gasteiger partial charge < -0.3 is 16.2 Å². The minimum Gasteiger partial charge on any atom is -0.496 e. The maximum atomic E-state index is 11.1. The molecule has 0 aliphatic carbocycles. The molecule has 4 nitrogen and oxygen atoms in total. The fourth-order valence-electron chi connectivity index (χ4n) is 1.32. The molecule has 0 atom stereocenters. The molecule has 0 unspecified atom stereocenters. The van der Waals surface area contributed by atoms with E-state index in [4.69, 9.17) is 27.8 Å². The van der Waals surface area contributed by atoms with Crippen molar-refractivity contribution in [3.63, 3.8) is 0 Å². The van der Waals surface area contributed by atoms with E-state index >= 15 is 0 Å². The number of hydrogen-bond acceptors (Lipinski definition) is 3. The number of nitrogens with two attached hydrogens (primary N) is 2. The molecule has 1 aromatic carbocycles. The van der Waals surface area contributed by atoms with Crippen molar-refractivity contribution in [1.29, 1.82) is 0 Å². The van der Waals surface area contributed by atoms with Crippen LogP contribution in [-0.4, -0.2) is 18.9 Å². The van der Waals surface area contributed by atoms with Crippen molar-refractivity contribution in [2.45, 2.75) is 6.42 Å². The molecule has 0 aliphatic heterocycles. The van der Waals surface area contributed by atoms with Crippen molar-refractivity contribution in [2.24, 2.45) is 5.73 Å². The van der Waals surface area contributed by atoms with E-state index in [0.29, 0.717) is 29.3 Å². The number of amides is 1. The van der Waals surface area contributed by atoms with E-state index in [9.17, 15) is 4.79 Å². The van der Waals surface area contributed by atoms with Gasteiger partial charge in [0.15, 0.2) is 0 Å². The fourth-order valence-corrected chi connectivity index (χ4v) is 1.52. The van der Waals surface area contributed by atoms with Crippen LogP contribution in [0.3, 0.4) is 0 Å². The van der Waals surface area contributed by atoms with Crippen LogP contribution in [0.2, 0.25) is 0 Å². The molecule has 0 saturated carbocycles. The van der Waals surface area contributed by atoms with Crippen molar-refractivity contribution >= 4 is 23.2 Å². The van der Waals surface area contributed by atoms with E-state index in [0.717, 1.165) is 5.56 Å². The minimum atomic E-state index is -0.539. The first-order valence-corrected chi connectivity index (χ1v) is 4.95. The number of carbonyl (C=O) groups is 1. The zero-order valence-corrected chi connectivity index (χ0v) is 9.17. The lowest BCUT2D eigenvalue weighted by Gasteiger charge is -2.10. The van der Waals surface area contributed by atoms with Gasteiger partial charge in [-0.15, -0.1) is 11.6 Å². The maximum absolute atomic E-state index is 11.1. The standard InChI is InChI=1S/C10H13ClN2O2/c1-15-9-5-8(12)6(2-3-11)4-7(9)10(13)14/h4-5H,2-3,12H2,1H3,(H2,13,14). The number of nitrogen functional groups attached to an aromatic ring is 1. The molecule has 0 saturated heterocycles. The van der Waals surface area contributed by atoms with Crippen LogP contribution in [0, 0.1) is 0 Å². The molecular weight excluding hydrogens is 216 g/mol. The lowest BCUT2D eigenvalue weighted by molar-refractivity contribution is 0.0997. The maximum Gasteiger partial charge on any atom is 0.252 e. The van der Waals surface area contributed by atoms with Gasteiger partial charge in [0.2, 0.25) is 0 Å². The summed E-state index contributed by atoms with van der Waals surface area (Å²) in [4.78, 5) is 11.1. The molecular formula is C10H13ClN2O2. The molecule has 0 spiro atoms. The molecule has 1 rings (SSSR count). The van der Waals surface area contributed by atoms with Crippen LogP contribution in [0.1, 0.15) is 15.9 Å². The van der Waals surface area contributed by atoms with Crippen LogP contribution in [0.15, 0.2) is 12.1 Å². The predicted molar refractivity (Wildman–Crippen MR) is 60.3 cm³/mol. The quantitative estimate of drug-likeness (QED) is 0.600. The molecule has 0 aromatic heterocycles. The second-order valence-electron chi connectivity index (χ2n) is 3.05. The molecule has 0 fully saturated rings. The smallest absolute Gasteiger partial charge is 0.252 e. The number of benzene rings is 1. The first-order chi connectivity index (χ1) is 7.10. The summed E-state index contributed by atoms with van der Waals surface area (Å²) in [6.45, 7) is 0. The highest BCUT2D eigenvalue weighted by molar-refractivity contribution is 6.18. The van der Waals surface area contributed by atoms with E-state index in [1.54, 1.807) is 12.1 Å². The summed E-state index contributed by atoms with van der Waals surface area (Å²) < 4.78 is 5.01. The molecule has 0 heterocycles. The molecule has 0 aliphatic rings. The molecule has 1 aromatic rings. The number of rotatable bonds is 4. The molecule has 0 radical (unpaired) electrons. The SMILES string of the molecule is COc1cc(N)c(CCCl)cc1C(N)=O. The monoisotopic (exact) mass is 228 g/mol. The summed E-state index contributed by atoms with van der Waals surface area (Å²) in [5.74, 6) is 0.287. The third kappa shape index (κ3) is 2.53. The van der Waals surface area contributed by atoms with Crippen molar-refractivity contribution in [3.8, 4) is 5.75 Å². The summed E-state index contributed by atoms with van der Waals surface area (Å²) in [7, 11) is 1.46. The molecule has 5 heteroatoms. The van der Waals surface area contributed by atoms with Gasteiger partial charge in [0.05, 0.1) is 12.7 Å². The number of ether oxygens (including phenoxy) is 1. The van der Waals surface area contributed by atoms with Crippen LogP contribution < -0.4 is 16.2 Å². The Bertz CT molecular complexity index is 380. The van der Waals surface area contributed by atoms with Gasteiger partial charge >= 0.3 is 0 Å². The average Bonchev–Trinajstić information content (AvgIpc) is 2.20.